The van der Waals surface area contributed by atoms with Gasteiger partial charge in [0, 0.05) is 31.7 Å². The molecule has 1 heterocycles. The van der Waals surface area contributed by atoms with Gasteiger partial charge in [0.1, 0.15) is 6.61 Å². The third-order valence-corrected chi connectivity index (χ3v) is 6.85. The van der Waals surface area contributed by atoms with Crippen molar-refractivity contribution in [3.05, 3.63) is 71.3 Å². The van der Waals surface area contributed by atoms with Crippen molar-refractivity contribution in [2.75, 3.05) is 33.4 Å². The predicted octanol–water partition coefficient (Wildman–Crippen LogP) is 3.56. The van der Waals surface area contributed by atoms with Gasteiger partial charge in [-0.25, -0.2) is 9.59 Å². The van der Waals surface area contributed by atoms with E-state index in [2.05, 4.69) is 29.6 Å². The van der Waals surface area contributed by atoms with Crippen LogP contribution in [-0.4, -0.2) is 66.9 Å². The Morgan fingerprint density at radius 2 is 1.74 bits per heavy atom. The van der Waals surface area contributed by atoms with Gasteiger partial charge >= 0.3 is 12.1 Å². The maximum Gasteiger partial charge on any atom is 0.407 e. The van der Waals surface area contributed by atoms with Gasteiger partial charge in [-0.2, -0.15) is 0 Å². The number of fused-ring (bicyclic) bond motifs is 3. The molecule has 2 aromatic carbocycles. The molecule has 0 saturated carbocycles. The fourth-order valence-electron chi connectivity index (χ4n) is 5.08. The van der Waals surface area contributed by atoms with Crippen molar-refractivity contribution in [2.24, 2.45) is 0 Å². The highest BCUT2D eigenvalue weighted by Gasteiger charge is 2.50. The molecule has 1 unspecified atom stereocenters. The number of nitrogens with one attached hydrogen (secondary N) is 1. The number of alkyl carbamates (subject to hydrolysis) is 1. The van der Waals surface area contributed by atoms with Crippen LogP contribution in [-0.2, 0) is 19.1 Å². The molecule has 4 rings (SSSR count). The van der Waals surface area contributed by atoms with Crippen molar-refractivity contribution in [1.29, 1.82) is 0 Å². The molecular formula is C27H30N2O6. The number of hydrogen-bond donors (Lipinski definition) is 2. The second-order valence-electron chi connectivity index (χ2n) is 8.92. The number of carboxylic acid groups (broad SMARTS) is 1. The van der Waals surface area contributed by atoms with E-state index in [9.17, 15) is 19.5 Å². The van der Waals surface area contributed by atoms with Crippen LogP contribution < -0.4 is 5.32 Å². The number of rotatable bonds is 8. The van der Waals surface area contributed by atoms with Crippen molar-refractivity contribution < 1.29 is 29.0 Å². The number of aliphatic carboxylic acids is 1. The van der Waals surface area contributed by atoms with Crippen LogP contribution in [0.2, 0.25) is 0 Å². The average Bonchev–Trinajstić information content (AvgIpc) is 3.42. The van der Waals surface area contributed by atoms with Crippen molar-refractivity contribution >= 4 is 18.0 Å². The number of carboxylic acids is 1. The Morgan fingerprint density at radius 1 is 1.11 bits per heavy atom. The summed E-state index contributed by atoms with van der Waals surface area (Å²) in [5.41, 5.74) is 3.57. The van der Waals surface area contributed by atoms with Crippen molar-refractivity contribution in [3.63, 3.8) is 0 Å². The van der Waals surface area contributed by atoms with Crippen LogP contribution in [0.1, 0.15) is 36.8 Å². The zero-order chi connectivity index (χ0) is 25.0. The van der Waals surface area contributed by atoms with Gasteiger partial charge in [-0.05, 0) is 42.0 Å². The Morgan fingerprint density at radius 3 is 2.34 bits per heavy atom. The number of amides is 2. The van der Waals surface area contributed by atoms with E-state index in [1.807, 2.05) is 24.3 Å². The van der Waals surface area contributed by atoms with Crippen molar-refractivity contribution in [1.82, 2.24) is 10.2 Å². The van der Waals surface area contributed by atoms with Gasteiger partial charge in [-0.1, -0.05) is 54.6 Å². The van der Waals surface area contributed by atoms with E-state index >= 15 is 0 Å². The van der Waals surface area contributed by atoms with E-state index in [1.54, 1.807) is 13.0 Å². The number of ether oxygens (including phenoxy) is 2. The topological polar surface area (TPSA) is 105 Å². The van der Waals surface area contributed by atoms with Crippen LogP contribution >= 0.6 is 0 Å². The van der Waals surface area contributed by atoms with Crippen LogP contribution in [0.3, 0.4) is 0 Å². The van der Waals surface area contributed by atoms with E-state index in [0.717, 1.165) is 22.3 Å². The molecule has 2 N–H and O–H groups in total. The second-order valence-corrected chi connectivity index (χ2v) is 8.92. The van der Waals surface area contributed by atoms with Gasteiger partial charge in [0.2, 0.25) is 5.91 Å². The Hall–Kier alpha value is -3.65. The lowest BCUT2D eigenvalue weighted by atomic mass is 9.96. The van der Waals surface area contributed by atoms with E-state index in [1.165, 1.54) is 12.0 Å². The van der Waals surface area contributed by atoms with Gasteiger partial charge in [-0.15, -0.1) is 0 Å². The fourth-order valence-corrected chi connectivity index (χ4v) is 5.08. The molecule has 1 saturated heterocycles. The Labute approximate surface area is 204 Å². The van der Waals surface area contributed by atoms with E-state index in [0.29, 0.717) is 25.0 Å². The molecule has 8 nitrogen and oxygen atoms in total. The van der Waals surface area contributed by atoms with Gasteiger partial charge in [0.15, 0.2) is 5.54 Å². The Balaban J connectivity index is 1.34. The molecule has 1 atom stereocenters. The van der Waals surface area contributed by atoms with Crippen molar-refractivity contribution in [2.45, 2.75) is 31.2 Å². The normalized spacial score (nSPS) is 19.3. The first-order valence-corrected chi connectivity index (χ1v) is 11.7. The maximum atomic E-state index is 12.9. The molecule has 0 bridgehead atoms. The number of carbonyl (C=O) groups is 3. The van der Waals surface area contributed by atoms with Crippen LogP contribution in [0.5, 0.6) is 0 Å². The molecular weight excluding hydrogens is 448 g/mol. The molecule has 2 aromatic rings. The predicted molar refractivity (Wildman–Crippen MR) is 130 cm³/mol. The molecule has 0 spiro atoms. The minimum Gasteiger partial charge on any atom is -0.479 e. The zero-order valence-corrected chi connectivity index (χ0v) is 20.0. The van der Waals surface area contributed by atoms with E-state index in [-0.39, 0.29) is 31.6 Å². The lowest BCUT2D eigenvalue weighted by Crippen LogP contribution is -2.56. The van der Waals surface area contributed by atoms with E-state index < -0.39 is 17.6 Å². The molecule has 35 heavy (non-hydrogen) atoms. The summed E-state index contributed by atoms with van der Waals surface area (Å²) >= 11 is 0. The summed E-state index contributed by atoms with van der Waals surface area (Å²) in [4.78, 5) is 38.6. The average molecular weight is 479 g/mol. The van der Waals surface area contributed by atoms with Gasteiger partial charge < -0.3 is 24.8 Å². The van der Waals surface area contributed by atoms with E-state index in [4.69, 9.17) is 9.47 Å². The van der Waals surface area contributed by atoms with Gasteiger partial charge in [-0.3, -0.25) is 4.79 Å². The minimum absolute atomic E-state index is 0.0351. The lowest BCUT2D eigenvalue weighted by molar-refractivity contribution is -0.158. The molecule has 1 fully saturated rings. The quantitative estimate of drug-likeness (QED) is 0.562. The Kier molecular flexibility index (Phi) is 7.21. The van der Waals surface area contributed by atoms with Crippen LogP contribution in [0, 0.1) is 0 Å². The van der Waals surface area contributed by atoms with Crippen LogP contribution in [0.4, 0.5) is 4.79 Å². The second kappa shape index (κ2) is 10.3. The fraction of sp³-hybridized carbons (Fsp3) is 0.370. The summed E-state index contributed by atoms with van der Waals surface area (Å²) in [6.45, 7) is 2.18. The van der Waals surface area contributed by atoms with Crippen LogP contribution in [0.15, 0.2) is 60.2 Å². The molecule has 2 amide bonds. The summed E-state index contributed by atoms with van der Waals surface area (Å²) < 4.78 is 10.6. The highest BCUT2D eigenvalue weighted by Crippen LogP contribution is 2.44. The first-order chi connectivity index (χ1) is 16.9. The molecule has 1 aliphatic carbocycles. The number of hydrogen-bond acceptors (Lipinski definition) is 5. The number of benzene rings is 2. The summed E-state index contributed by atoms with van der Waals surface area (Å²) in [7, 11) is 1.42. The highest BCUT2D eigenvalue weighted by molar-refractivity contribution is 5.97. The highest BCUT2D eigenvalue weighted by atomic mass is 16.5. The molecule has 184 valence electrons. The number of carbonyl (C=O) groups excluding carboxylic acids is 2. The molecule has 2 aliphatic rings. The maximum absolute atomic E-state index is 12.9. The minimum atomic E-state index is -1.36. The Bertz CT molecular complexity index is 1110. The third-order valence-electron chi connectivity index (χ3n) is 6.85. The molecule has 0 radical (unpaired) electrons. The summed E-state index contributed by atoms with van der Waals surface area (Å²) in [6.07, 6.45) is 1.92. The third kappa shape index (κ3) is 4.66. The molecule has 0 aromatic heterocycles. The lowest BCUT2D eigenvalue weighted by Gasteiger charge is -2.34. The number of methoxy groups -OCH3 is 1. The first kappa shape index (κ1) is 24.5. The van der Waals surface area contributed by atoms with Gasteiger partial charge in [0.25, 0.3) is 0 Å². The van der Waals surface area contributed by atoms with Crippen LogP contribution in [0.25, 0.3) is 11.1 Å². The first-order valence-electron chi connectivity index (χ1n) is 11.7. The number of likely N-dealkylation sites (tertiary alicyclic amines) is 1. The summed E-state index contributed by atoms with van der Waals surface area (Å²) in [5.74, 6) is -1.49. The van der Waals surface area contributed by atoms with Crippen molar-refractivity contribution in [3.8, 4) is 11.1 Å². The molecule has 8 heteroatoms. The molecule has 1 aliphatic heterocycles. The van der Waals surface area contributed by atoms with Gasteiger partial charge in [0.05, 0.1) is 6.61 Å². The SMILES string of the molecule is COCC1(C(=O)O)CCCN1C(=O)/C(C)=C/CNC(=O)OCC1c2ccccc2-c2ccccc21. The summed E-state index contributed by atoms with van der Waals surface area (Å²) in [5, 5.41) is 12.4. The largest absolute Gasteiger partial charge is 0.479 e. The monoisotopic (exact) mass is 478 g/mol. The zero-order valence-electron chi connectivity index (χ0n) is 20.0. The standard InChI is InChI=1S/C27H30N2O6/c1-18(24(30)29-15-7-13-27(29,17-34-2)25(31)32)12-14-28-26(33)35-16-23-21-10-5-3-8-19(21)20-9-4-6-11-22(20)23/h3-6,8-12,23H,7,13-17H2,1-2H3,(H,28,33)(H,31,32)/b18-12+. The summed E-state index contributed by atoms with van der Waals surface area (Å²) in [6, 6.07) is 16.2. The smallest absolute Gasteiger partial charge is 0.407 e. The number of nitrogens with zero attached hydrogens (tertiary/aromatic N) is 1.